The summed E-state index contributed by atoms with van der Waals surface area (Å²) in [4.78, 5) is 11.1. The van der Waals surface area contributed by atoms with Gasteiger partial charge in [0.25, 0.3) is 0 Å². The molecular weight excluding hydrogens is 240 g/mol. The zero-order valence-electron chi connectivity index (χ0n) is 11.4. The Hall–Kier alpha value is -2.23. The highest BCUT2D eigenvalue weighted by molar-refractivity contribution is 5.89. The molecule has 0 spiro atoms. The number of aryl methyl sites for hydroxylation is 1. The van der Waals surface area contributed by atoms with Gasteiger partial charge < -0.3 is 15.1 Å². The van der Waals surface area contributed by atoms with Crippen molar-refractivity contribution in [2.24, 2.45) is 0 Å². The smallest absolute Gasteiger partial charge is 0.221 e. The maximum absolute atomic E-state index is 11.1. The Morgan fingerprint density at radius 2 is 2.11 bits per heavy atom. The maximum Gasteiger partial charge on any atom is 0.221 e. The number of anilines is 2. The number of hydrogen-bond acceptors (Lipinski definition) is 3. The van der Waals surface area contributed by atoms with Gasteiger partial charge in [0.1, 0.15) is 0 Å². The Labute approximate surface area is 112 Å². The number of carbonyl (C=O) groups is 1. The van der Waals surface area contributed by atoms with Crippen molar-refractivity contribution < 1.29 is 9.21 Å². The molecule has 100 valence electrons. The predicted molar refractivity (Wildman–Crippen MR) is 76.2 cm³/mol. The van der Waals surface area contributed by atoms with E-state index in [4.69, 9.17) is 4.42 Å². The lowest BCUT2D eigenvalue weighted by Gasteiger charge is -2.17. The molecule has 1 aromatic carbocycles. The van der Waals surface area contributed by atoms with Crippen molar-refractivity contribution >= 4 is 17.3 Å². The molecule has 0 aliphatic heterocycles. The van der Waals surface area contributed by atoms with Gasteiger partial charge in [-0.2, -0.15) is 0 Å². The Kier molecular flexibility index (Phi) is 3.90. The Morgan fingerprint density at radius 3 is 2.74 bits per heavy atom. The van der Waals surface area contributed by atoms with Crippen molar-refractivity contribution in [1.82, 2.24) is 0 Å². The highest BCUT2D eigenvalue weighted by Crippen LogP contribution is 2.25. The van der Waals surface area contributed by atoms with E-state index in [2.05, 4.69) is 17.6 Å². The van der Waals surface area contributed by atoms with E-state index < -0.39 is 0 Å². The normalized spacial score (nSPS) is 11.9. The number of rotatable bonds is 4. The topological polar surface area (TPSA) is 54.3 Å². The lowest BCUT2D eigenvalue weighted by Crippen LogP contribution is -2.09. The molecule has 0 saturated carbocycles. The molecule has 4 nitrogen and oxygen atoms in total. The molecule has 2 rings (SSSR count). The molecule has 1 unspecified atom stereocenters. The molecule has 4 heteroatoms. The molecule has 1 amide bonds. The van der Waals surface area contributed by atoms with Crippen molar-refractivity contribution in [3.8, 4) is 0 Å². The minimum absolute atomic E-state index is 0.0716. The zero-order chi connectivity index (χ0) is 13.8. The molecule has 0 fully saturated rings. The fraction of sp³-hybridized carbons (Fsp3) is 0.267. The van der Waals surface area contributed by atoms with Crippen LogP contribution in [-0.4, -0.2) is 5.91 Å². The van der Waals surface area contributed by atoms with Gasteiger partial charge in [-0.3, -0.25) is 4.79 Å². The minimum atomic E-state index is -0.0716. The van der Waals surface area contributed by atoms with Gasteiger partial charge in [0.2, 0.25) is 5.91 Å². The fourth-order valence-electron chi connectivity index (χ4n) is 1.90. The van der Waals surface area contributed by atoms with Crippen LogP contribution in [0.5, 0.6) is 0 Å². The monoisotopic (exact) mass is 258 g/mol. The molecule has 2 N–H and O–H groups in total. The molecule has 1 atom stereocenters. The van der Waals surface area contributed by atoms with E-state index in [1.807, 2.05) is 31.2 Å². The summed E-state index contributed by atoms with van der Waals surface area (Å²) < 4.78 is 5.08. The van der Waals surface area contributed by atoms with Crippen molar-refractivity contribution in [2.75, 3.05) is 10.6 Å². The second-order valence-corrected chi connectivity index (χ2v) is 4.63. The minimum Gasteiger partial charge on any atom is -0.472 e. The second kappa shape index (κ2) is 5.61. The van der Waals surface area contributed by atoms with Crippen LogP contribution in [0.4, 0.5) is 11.4 Å². The molecule has 2 aromatic rings. The third-order valence-corrected chi connectivity index (χ3v) is 2.97. The summed E-state index contributed by atoms with van der Waals surface area (Å²) >= 11 is 0. The van der Waals surface area contributed by atoms with Gasteiger partial charge >= 0.3 is 0 Å². The van der Waals surface area contributed by atoms with Gasteiger partial charge in [-0.05, 0) is 37.6 Å². The highest BCUT2D eigenvalue weighted by Gasteiger charge is 2.09. The van der Waals surface area contributed by atoms with Crippen LogP contribution < -0.4 is 10.6 Å². The van der Waals surface area contributed by atoms with Crippen molar-refractivity contribution in [3.63, 3.8) is 0 Å². The van der Waals surface area contributed by atoms with Crippen LogP contribution in [0.15, 0.2) is 41.2 Å². The standard InChI is InChI=1S/C15H18N2O2/c1-10-4-5-14(17-12(3)18)8-15(10)16-11(2)13-6-7-19-9-13/h4-9,11,16H,1-3H3,(H,17,18). The van der Waals surface area contributed by atoms with Crippen LogP contribution in [0.25, 0.3) is 0 Å². The van der Waals surface area contributed by atoms with Crippen LogP contribution in [0, 0.1) is 6.92 Å². The predicted octanol–water partition coefficient (Wildman–Crippen LogP) is 3.72. The first-order valence-electron chi connectivity index (χ1n) is 6.23. The highest BCUT2D eigenvalue weighted by atomic mass is 16.3. The van der Waals surface area contributed by atoms with Gasteiger partial charge in [-0.15, -0.1) is 0 Å². The number of benzene rings is 1. The molecule has 19 heavy (non-hydrogen) atoms. The summed E-state index contributed by atoms with van der Waals surface area (Å²) in [6, 6.07) is 7.89. The summed E-state index contributed by atoms with van der Waals surface area (Å²) in [5, 5.41) is 6.20. The van der Waals surface area contributed by atoms with E-state index in [1.165, 1.54) is 6.92 Å². The number of hydrogen-bond donors (Lipinski definition) is 2. The third kappa shape index (κ3) is 3.37. The van der Waals surface area contributed by atoms with Crippen molar-refractivity contribution in [3.05, 3.63) is 47.9 Å². The Balaban J connectivity index is 2.17. The van der Waals surface area contributed by atoms with Crippen molar-refractivity contribution in [1.29, 1.82) is 0 Å². The second-order valence-electron chi connectivity index (χ2n) is 4.63. The largest absolute Gasteiger partial charge is 0.472 e. The lowest BCUT2D eigenvalue weighted by atomic mass is 10.1. The van der Waals surface area contributed by atoms with E-state index in [-0.39, 0.29) is 11.9 Å². The lowest BCUT2D eigenvalue weighted by molar-refractivity contribution is -0.114. The van der Waals surface area contributed by atoms with E-state index in [1.54, 1.807) is 12.5 Å². The quantitative estimate of drug-likeness (QED) is 0.878. The summed E-state index contributed by atoms with van der Waals surface area (Å²) in [6.45, 7) is 5.60. The third-order valence-electron chi connectivity index (χ3n) is 2.97. The van der Waals surface area contributed by atoms with Crippen LogP contribution in [0.2, 0.25) is 0 Å². The summed E-state index contributed by atoms with van der Waals surface area (Å²) in [5.74, 6) is -0.0716. The van der Waals surface area contributed by atoms with Gasteiger partial charge in [0.05, 0.1) is 18.6 Å². The number of amides is 1. The van der Waals surface area contributed by atoms with Crippen LogP contribution in [-0.2, 0) is 4.79 Å². The average Bonchev–Trinajstić information content (AvgIpc) is 2.86. The summed E-state index contributed by atoms with van der Waals surface area (Å²) in [5.41, 5.74) is 4.01. The first kappa shape index (κ1) is 13.2. The van der Waals surface area contributed by atoms with E-state index >= 15 is 0 Å². The molecule has 0 saturated heterocycles. The SMILES string of the molecule is CC(=O)Nc1ccc(C)c(NC(C)c2ccoc2)c1. The van der Waals surface area contributed by atoms with Crippen LogP contribution >= 0.6 is 0 Å². The molecule has 1 heterocycles. The molecule has 0 aliphatic rings. The molecular formula is C15H18N2O2. The van der Waals surface area contributed by atoms with Gasteiger partial charge in [0.15, 0.2) is 0 Å². The molecule has 0 bridgehead atoms. The first-order chi connectivity index (χ1) is 9.06. The van der Waals surface area contributed by atoms with Gasteiger partial charge in [-0.25, -0.2) is 0 Å². The van der Waals surface area contributed by atoms with E-state index in [9.17, 15) is 4.79 Å². The molecule has 0 radical (unpaired) electrons. The van der Waals surface area contributed by atoms with E-state index in [0.717, 1.165) is 22.5 Å². The summed E-state index contributed by atoms with van der Waals surface area (Å²) in [7, 11) is 0. The van der Waals surface area contributed by atoms with Crippen LogP contribution in [0.1, 0.15) is 31.0 Å². The Bertz CT molecular complexity index is 562. The number of carbonyl (C=O) groups excluding carboxylic acids is 1. The van der Waals surface area contributed by atoms with Crippen LogP contribution in [0.3, 0.4) is 0 Å². The number of nitrogens with one attached hydrogen (secondary N) is 2. The van der Waals surface area contributed by atoms with E-state index in [0.29, 0.717) is 0 Å². The van der Waals surface area contributed by atoms with Gasteiger partial charge in [-0.1, -0.05) is 6.07 Å². The fourth-order valence-corrected chi connectivity index (χ4v) is 1.90. The molecule has 0 aliphatic carbocycles. The first-order valence-corrected chi connectivity index (χ1v) is 6.23. The maximum atomic E-state index is 11.1. The van der Waals surface area contributed by atoms with Crippen molar-refractivity contribution in [2.45, 2.75) is 26.8 Å². The molecule has 1 aromatic heterocycles. The number of furan rings is 1. The summed E-state index contributed by atoms with van der Waals surface area (Å²) in [6.07, 6.45) is 3.39. The zero-order valence-corrected chi connectivity index (χ0v) is 11.4. The average molecular weight is 258 g/mol. The Morgan fingerprint density at radius 1 is 1.32 bits per heavy atom. The van der Waals surface area contributed by atoms with Gasteiger partial charge in [0, 0.05) is 23.9 Å².